The van der Waals surface area contributed by atoms with Crippen molar-refractivity contribution in [2.45, 2.75) is 33.4 Å². The highest BCUT2D eigenvalue weighted by molar-refractivity contribution is 5.79. The van der Waals surface area contributed by atoms with E-state index in [1.165, 1.54) is 11.6 Å². The number of guanidine groups is 1. The number of ether oxygens (including phenoxy) is 1. The minimum absolute atomic E-state index is 0.207. The van der Waals surface area contributed by atoms with E-state index in [2.05, 4.69) is 25.8 Å². The number of halogens is 1. The lowest BCUT2D eigenvalue weighted by molar-refractivity contribution is 0.414. The summed E-state index contributed by atoms with van der Waals surface area (Å²) in [6, 6.07) is 13.1. The molecule has 0 saturated carbocycles. The molecule has 0 bridgehead atoms. The van der Waals surface area contributed by atoms with Crippen molar-refractivity contribution in [2.75, 3.05) is 13.7 Å². The van der Waals surface area contributed by atoms with E-state index in [0.717, 1.165) is 29.4 Å². The lowest BCUT2D eigenvalue weighted by Crippen LogP contribution is -2.38. The smallest absolute Gasteiger partial charge is 0.191 e. The van der Waals surface area contributed by atoms with Crippen molar-refractivity contribution >= 4 is 5.96 Å². The topological polar surface area (TPSA) is 76.4 Å². The molecular weight excluding hydrogens is 395 g/mol. The molecule has 0 unspecified atom stereocenters. The molecule has 1 heterocycles. The van der Waals surface area contributed by atoms with Crippen LogP contribution in [0.4, 0.5) is 4.39 Å². The SMILES string of the molecule is COc1ccc(CCNC(=NCc2ccc(F)c(C)c2)NCc2nnc(C)n2C)cc1. The minimum atomic E-state index is -0.207. The molecule has 0 aliphatic heterocycles. The van der Waals surface area contributed by atoms with E-state index >= 15 is 0 Å². The Balaban J connectivity index is 1.64. The van der Waals surface area contributed by atoms with Gasteiger partial charge in [0.15, 0.2) is 11.8 Å². The van der Waals surface area contributed by atoms with Gasteiger partial charge < -0.3 is 19.9 Å². The Morgan fingerprint density at radius 3 is 2.45 bits per heavy atom. The quantitative estimate of drug-likeness (QED) is 0.429. The Labute approximate surface area is 182 Å². The second-order valence-electron chi connectivity index (χ2n) is 7.35. The molecule has 2 N–H and O–H groups in total. The van der Waals surface area contributed by atoms with Gasteiger partial charge in [-0.1, -0.05) is 24.3 Å². The maximum atomic E-state index is 13.5. The van der Waals surface area contributed by atoms with Gasteiger partial charge in [0.1, 0.15) is 17.4 Å². The van der Waals surface area contributed by atoms with Gasteiger partial charge in [-0.05, 0) is 55.2 Å². The number of methoxy groups -OCH3 is 1. The second kappa shape index (κ2) is 10.6. The van der Waals surface area contributed by atoms with Crippen molar-refractivity contribution in [2.24, 2.45) is 12.0 Å². The maximum Gasteiger partial charge on any atom is 0.191 e. The molecule has 0 atom stereocenters. The van der Waals surface area contributed by atoms with Crippen molar-refractivity contribution in [3.8, 4) is 5.75 Å². The summed E-state index contributed by atoms with van der Waals surface area (Å²) >= 11 is 0. The van der Waals surface area contributed by atoms with E-state index in [0.29, 0.717) is 31.2 Å². The average molecular weight is 425 g/mol. The summed E-state index contributed by atoms with van der Waals surface area (Å²) in [4.78, 5) is 4.67. The molecule has 0 saturated heterocycles. The van der Waals surface area contributed by atoms with Crippen LogP contribution in [0, 0.1) is 19.7 Å². The molecule has 3 rings (SSSR count). The number of hydrogen-bond donors (Lipinski definition) is 2. The van der Waals surface area contributed by atoms with E-state index in [-0.39, 0.29) is 5.82 Å². The lowest BCUT2D eigenvalue weighted by atomic mass is 10.1. The molecule has 0 radical (unpaired) electrons. The predicted molar refractivity (Wildman–Crippen MR) is 120 cm³/mol. The van der Waals surface area contributed by atoms with E-state index in [4.69, 9.17) is 4.74 Å². The Bertz CT molecular complexity index is 1030. The van der Waals surface area contributed by atoms with E-state index < -0.39 is 0 Å². The molecular formula is C23H29FN6O. The Hall–Kier alpha value is -3.42. The molecule has 1 aromatic heterocycles. The van der Waals surface area contributed by atoms with Crippen molar-refractivity contribution in [3.05, 3.63) is 76.6 Å². The van der Waals surface area contributed by atoms with Crippen LogP contribution in [-0.2, 0) is 26.6 Å². The number of nitrogens with zero attached hydrogens (tertiary/aromatic N) is 4. The van der Waals surface area contributed by atoms with E-state index in [1.54, 1.807) is 20.1 Å². The molecule has 0 spiro atoms. The van der Waals surface area contributed by atoms with Crippen molar-refractivity contribution < 1.29 is 9.13 Å². The fourth-order valence-corrected chi connectivity index (χ4v) is 3.03. The standard InChI is InChI=1S/C23H29FN6O/c1-16-13-19(7-10-21(16)24)14-26-23(27-15-22-29-28-17(2)30(22)3)25-12-11-18-5-8-20(31-4)9-6-18/h5-10,13H,11-12,14-15H2,1-4H3,(H2,25,26,27). The second-order valence-corrected chi connectivity index (χ2v) is 7.35. The number of aliphatic imine (C=N–C) groups is 1. The van der Waals surface area contributed by atoms with Crippen molar-refractivity contribution in [3.63, 3.8) is 0 Å². The lowest BCUT2D eigenvalue weighted by Gasteiger charge is -2.13. The monoisotopic (exact) mass is 424 g/mol. The van der Waals surface area contributed by atoms with Crippen LogP contribution in [-0.4, -0.2) is 34.4 Å². The summed E-state index contributed by atoms with van der Waals surface area (Å²) in [5, 5.41) is 15.0. The van der Waals surface area contributed by atoms with Crippen molar-refractivity contribution in [1.82, 2.24) is 25.4 Å². The molecule has 3 aromatic rings. The highest BCUT2D eigenvalue weighted by Gasteiger charge is 2.07. The molecule has 8 heteroatoms. The van der Waals surface area contributed by atoms with E-state index in [1.807, 2.05) is 48.9 Å². The first-order valence-corrected chi connectivity index (χ1v) is 10.2. The highest BCUT2D eigenvalue weighted by Crippen LogP contribution is 2.12. The summed E-state index contributed by atoms with van der Waals surface area (Å²) in [5.74, 6) is 2.97. The van der Waals surface area contributed by atoms with Crippen LogP contribution in [0.15, 0.2) is 47.5 Å². The normalized spacial score (nSPS) is 11.5. The molecule has 0 aliphatic carbocycles. The molecule has 0 fully saturated rings. The van der Waals surface area contributed by atoms with Gasteiger partial charge in [0.25, 0.3) is 0 Å². The van der Waals surface area contributed by atoms with Gasteiger partial charge in [0.2, 0.25) is 0 Å². The average Bonchev–Trinajstić information content (AvgIpc) is 3.10. The fraction of sp³-hybridized carbons (Fsp3) is 0.348. The maximum absolute atomic E-state index is 13.5. The molecule has 164 valence electrons. The van der Waals surface area contributed by atoms with Crippen LogP contribution in [0.3, 0.4) is 0 Å². The van der Waals surface area contributed by atoms with Gasteiger partial charge in [-0.2, -0.15) is 0 Å². The first-order chi connectivity index (χ1) is 15.0. The molecule has 0 amide bonds. The Kier molecular flexibility index (Phi) is 7.59. The first-order valence-electron chi connectivity index (χ1n) is 10.2. The zero-order valence-electron chi connectivity index (χ0n) is 18.4. The fourth-order valence-electron chi connectivity index (χ4n) is 3.03. The number of nitrogens with one attached hydrogen (secondary N) is 2. The summed E-state index contributed by atoms with van der Waals surface area (Å²) in [6.07, 6.45) is 0.837. The third-order valence-electron chi connectivity index (χ3n) is 5.10. The number of aromatic nitrogens is 3. The number of benzene rings is 2. The summed E-state index contributed by atoms with van der Waals surface area (Å²) in [7, 11) is 3.59. The molecule has 7 nitrogen and oxygen atoms in total. The van der Waals surface area contributed by atoms with Crippen LogP contribution in [0.25, 0.3) is 0 Å². The van der Waals surface area contributed by atoms with Gasteiger partial charge in [0, 0.05) is 13.6 Å². The number of rotatable bonds is 8. The summed E-state index contributed by atoms with van der Waals surface area (Å²) in [5.41, 5.74) is 2.76. The highest BCUT2D eigenvalue weighted by atomic mass is 19.1. The van der Waals surface area contributed by atoms with Gasteiger partial charge in [0.05, 0.1) is 20.2 Å². The van der Waals surface area contributed by atoms with Crippen molar-refractivity contribution in [1.29, 1.82) is 0 Å². The van der Waals surface area contributed by atoms with Crippen LogP contribution in [0.2, 0.25) is 0 Å². The molecule has 0 aliphatic rings. The molecule has 2 aromatic carbocycles. The van der Waals surface area contributed by atoms with Crippen LogP contribution in [0.1, 0.15) is 28.3 Å². The van der Waals surface area contributed by atoms with Gasteiger partial charge in [-0.25, -0.2) is 9.38 Å². The zero-order valence-corrected chi connectivity index (χ0v) is 18.4. The zero-order chi connectivity index (χ0) is 22.2. The van der Waals surface area contributed by atoms with E-state index in [9.17, 15) is 4.39 Å². The Morgan fingerprint density at radius 2 is 1.81 bits per heavy atom. The summed E-state index contributed by atoms with van der Waals surface area (Å²) < 4.78 is 20.7. The largest absolute Gasteiger partial charge is 0.497 e. The van der Waals surface area contributed by atoms with Gasteiger partial charge in [-0.3, -0.25) is 0 Å². The van der Waals surface area contributed by atoms with Crippen LogP contribution in [0.5, 0.6) is 5.75 Å². The van der Waals surface area contributed by atoms with Crippen LogP contribution < -0.4 is 15.4 Å². The predicted octanol–water partition coefficient (Wildman–Crippen LogP) is 3.06. The Morgan fingerprint density at radius 1 is 1.06 bits per heavy atom. The minimum Gasteiger partial charge on any atom is -0.497 e. The third-order valence-corrected chi connectivity index (χ3v) is 5.10. The summed E-state index contributed by atoms with van der Waals surface area (Å²) in [6.45, 7) is 5.31. The number of hydrogen-bond acceptors (Lipinski definition) is 4. The first kappa shape index (κ1) is 22.3. The van der Waals surface area contributed by atoms with Gasteiger partial charge >= 0.3 is 0 Å². The van der Waals surface area contributed by atoms with Gasteiger partial charge in [-0.15, -0.1) is 10.2 Å². The molecule has 31 heavy (non-hydrogen) atoms. The number of aryl methyl sites for hydroxylation is 2. The third kappa shape index (κ3) is 6.28. The van der Waals surface area contributed by atoms with Crippen LogP contribution >= 0.6 is 0 Å².